The van der Waals surface area contributed by atoms with E-state index in [2.05, 4.69) is 15.4 Å². The van der Waals surface area contributed by atoms with Crippen molar-refractivity contribution in [2.24, 2.45) is 0 Å². The van der Waals surface area contributed by atoms with Gasteiger partial charge in [0.2, 0.25) is 11.7 Å². The van der Waals surface area contributed by atoms with E-state index in [-0.39, 0.29) is 11.5 Å². The number of methoxy groups -OCH3 is 3. The molecular formula is C26H26ClN5O5. The number of hydrogen-bond donors (Lipinski definition) is 1. The number of carbonyl (C=O) groups is 1. The SMILES string of the molecule is COc1cc(C=CC(=O)NCCn2ncc3c(=O)n(Cc4cccc(Cl)c4)cnc32)cc(OC)c1OC. The number of ether oxygens (including phenoxy) is 3. The van der Waals surface area contributed by atoms with Crippen LogP contribution in [0, 0.1) is 0 Å². The largest absolute Gasteiger partial charge is 0.493 e. The highest BCUT2D eigenvalue weighted by Gasteiger charge is 2.13. The average Bonchev–Trinajstić information content (AvgIpc) is 3.32. The highest BCUT2D eigenvalue weighted by atomic mass is 35.5. The van der Waals surface area contributed by atoms with E-state index in [0.717, 1.165) is 5.56 Å². The summed E-state index contributed by atoms with van der Waals surface area (Å²) in [6.07, 6.45) is 6.04. The minimum atomic E-state index is -0.290. The van der Waals surface area contributed by atoms with Crippen LogP contribution in [-0.4, -0.2) is 53.1 Å². The van der Waals surface area contributed by atoms with Crippen LogP contribution in [0.4, 0.5) is 0 Å². The Morgan fingerprint density at radius 2 is 1.86 bits per heavy atom. The van der Waals surface area contributed by atoms with Crippen LogP contribution in [0.3, 0.4) is 0 Å². The summed E-state index contributed by atoms with van der Waals surface area (Å²) in [4.78, 5) is 29.7. The number of aromatic nitrogens is 4. The van der Waals surface area contributed by atoms with Crippen molar-refractivity contribution in [2.45, 2.75) is 13.1 Å². The van der Waals surface area contributed by atoms with E-state index < -0.39 is 0 Å². The summed E-state index contributed by atoms with van der Waals surface area (Å²) in [6.45, 7) is 0.988. The standard InChI is InChI=1S/C26H26ClN5O5/c1-35-21-12-17(13-22(36-2)24(21)37-3)7-8-23(33)28-9-10-32-25-20(14-30-32)26(34)31(16-29-25)15-18-5-4-6-19(27)11-18/h4-8,11-14,16H,9-10,15H2,1-3H3,(H,28,33). The molecular weight excluding hydrogens is 498 g/mol. The van der Waals surface area contributed by atoms with Crippen LogP contribution >= 0.6 is 11.6 Å². The zero-order chi connectivity index (χ0) is 26.4. The lowest BCUT2D eigenvalue weighted by molar-refractivity contribution is -0.116. The topological polar surface area (TPSA) is 110 Å². The predicted octanol–water partition coefficient (Wildman–Crippen LogP) is 3.15. The summed E-state index contributed by atoms with van der Waals surface area (Å²) < 4.78 is 19.1. The van der Waals surface area contributed by atoms with E-state index >= 15 is 0 Å². The van der Waals surface area contributed by atoms with Crippen molar-refractivity contribution in [2.75, 3.05) is 27.9 Å². The number of amides is 1. The summed E-state index contributed by atoms with van der Waals surface area (Å²) >= 11 is 6.04. The van der Waals surface area contributed by atoms with Gasteiger partial charge in [-0.15, -0.1) is 0 Å². The maximum absolute atomic E-state index is 12.9. The fraction of sp³-hybridized carbons (Fsp3) is 0.231. The molecule has 2 heterocycles. The number of halogens is 1. The monoisotopic (exact) mass is 523 g/mol. The normalized spacial score (nSPS) is 11.1. The molecule has 0 atom stereocenters. The van der Waals surface area contributed by atoms with Crippen LogP contribution in [0.15, 0.2) is 59.8 Å². The molecule has 0 saturated carbocycles. The number of carbonyl (C=O) groups excluding carboxylic acids is 1. The van der Waals surface area contributed by atoms with E-state index in [4.69, 9.17) is 25.8 Å². The van der Waals surface area contributed by atoms with E-state index in [0.29, 0.717) is 58.5 Å². The van der Waals surface area contributed by atoms with Crippen molar-refractivity contribution in [3.05, 3.63) is 81.5 Å². The molecule has 1 amide bonds. The Hall–Kier alpha value is -4.31. The van der Waals surface area contributed by atoms with Gasteiger partial charge in [0.15, 0.2) is 17.1 Å². The first-order valence-electron chi connectivity index (χ1n) is 11.3. The fourth-order valence-electron chi connectivity index (χ4n) is 3.82. The molecule has 0 saturated heterocycles. The molecule has 4 aromatic rings. The smallest absolute Gasteiger partial charge is 0.264 e. The number of nitrogens with zero attached hydrogens (tertiary/aromatic N) is 4. The Morgan fingerprint density at radius 1 is 1.11 bits per heavy atom. The van der Waals surface area contributed by atoms with Gasteiger partial charge in [-0.3, -0.25) is 14.2 Å². The second-order valence-electron chi connectivity index (χ2n) is 8.00. The third kappa shape index (κ3) is 5.92. The van der Waals surface area contributed by atoms with Crippen molar-refractivity contribution in [3.8, 4) is 17.2 Å². The predicted molar refractivity (Wildman–Crippen MR) is 140 cm³/mol. The van der Waals surface area contributed by atoms with Crippen molar-refractivity contribution >= 4 is 34.6 Å². The molecule has 2 aromatic carbocycles. The molecule has 192 valence electrons. The second kappa shape index (κ2) is 11.6. The van der Waals surface area contributed by atoms with Crippen LogP contribution in [0.25, 0.3) is 17.1 Å². The Morgan fingerprint density at radius 3 is 2.54 bits per heavy atom. The molecule has 4 rings (SSSR count). The molecule has 0 bridgehead atoms. The van der Waals surface area contributed by atoms with Crippen LogP contribution in [0.2, 0.25) is 5.02 Å². The van der Waals surface area contributed by atoms with E-state index in [1.807, 2.05) is 12.1 Å². The quantitative estimate of drug-likeness (QED) is 0.318. The fourth-order valence-corrected chi connectivity index (χ4v) is 4.03. The maximum atomic E-state index is 12.9. The van der Waals surface area contributed by atoms with Gasteiger partial charge in [0.1, 0.15) is 11.7 Å². The van der Waals surface area contributed by atoms with Crippen molar-refractivity contribution < 1.29 is 19.0 Å². The van der Waals surface area contributed by atoms with Gasteiger partial charge in [0.25, 0.3) is 5.56 Å². The molecule has 11 heteroatoms. The van der Waals surface area contributed by atoms with E-state index in [1.54, 1.807) is 35.0 Å². The van der Waals surface area contributed by atoms with Crippen molar-refractivity contribution in [3.63, 3.8) is 0 Å². The Kier molecular flexibility index (Phi) is 8.09. The third-order valence-electron chi connectivity index (χ3n) is 5.60. The number of nitrogens with one attached hydrogen (secondary N) is 1. The summed E-state index contributed by atoms with van der Waals surface area (Å²) in [7, 11) is 4.58. The molecule has 0 spiro atoms. The summed E-state index contributed by atoms with van der Waals surface area (Å²) in [6, 6.07) is 10.8. The maximum Gasteiger partial charge on any atom is 0.264 e. The Bertz CT molecular complexity index is 1490. The van der Waals surface area contributed by atoms with E-state index in [9.17, 15) is 9.59 Å². The van der Waals surface area contributed by atoms with Gasteiger partial charge in [-0.1, -0.05) is 23.7 Å². The average molecular weight is 524 g/mol. The molecule has 0 fully saturated rings. The molecule has 2 aromatic heterocycles. The third-order valence-corrected chi connectivity index (χ3v) is 5.84. The first-order valence-corrected chi connectivity index (χ1v) is 11.7. The van der Waals surface area contributed by atoms with Gasteiger partial charge in [-0.25, -0.2) is 9.67 Å². The molecule has 1 N–H and O–H groups in total. The van der Waals surface area contributed by atoms with Crippen LogP contribution in [0.5, 0.6) is 17.2 Å². The summed E-state index contributed by atoms with van der Waals surface area (Å²) in [5.41, 5.74) is 1.86. The first-order chi connectivity index (χ1) is 17.9. The first kappa shape index (κ1) is 25.8. The number of rotatable bonds is 10. The number of benzene rings is 2. The van der Waals surface area contributed by atoms with Crippen LogP contribution in [0.1, 0.15) is 11.1 Å². The molecule has 37 heavy (non-hydrogen) atoms. The molecule has 0 aliphatic heterocycles. The molecule has 0 aliphatic carbocycles. The zero-order valence-corrected chi connectivity index (χ0v) is 21.4. The number of fused-ring (bicyclic) bond motifs is 1. The van der Waals surface area contributed by atoms with Crippen LogP contribution in [-0.2, 0) is 17.9 Å². The van der Waals surface area contributed by atoms with Gasteiger partial charge >= 0.3 is 0 Å². The minimum Gasteiger partial charge on any atom is -0.493 e. The Labute approximate surface area is 218 Å². The van der Waals surface area contributed by atoms with Gasteiger partial charge in [0, 0.05) is 17.6 Å². The summed E-state index contributed by atoms with van der Waals surface area (Å²) in [5.74, 6) is 1.17. The molecule has 0 radical (unpaired) electrons. The molecule has 0 unspecified atom stereocenters. The highest BCUT2D eigenvalue weighted by Crippen LogP contribution is 2.38. The Balaban J connectivity index is 1.39. The molecule has 10 nitrogen and oxygen atoms in total. The molecule has 0 aliphatic rings. The number of hydrogen-bond acceptors (Lipinski definition) is 7. The van der Waals surface area contributed by atoms with Gasteiger partial charge in [-0.05, 0) is 41.5 Å². The lowest BCUT2D eigenvalue weighted by atomic mass is 10.1. The van der Waals surface area contributed by atoms with Crippen molar-refractivity contribution in [1.82, 2.24) is 24.6 Å². The van der Waals surface area contributed by atoms with Crippen LogP contribution < -0.4 is 25.1 Å². The van der Waals surface area contributed by atoms with Gasteiger partial charge in [0.05, 0.1) is 40.6 Å². The zero-order valence-electron chi connectivity index (χ0n) is 20.6. The lowest BCUT2D eigenvalue weighted by Crippen LogP contribution is -2.26. The van der Waals surface area contributed by atoms with Gasteiger partial charge in [-0.2, -0.15) is 5.10 Å². The van der Waals surface area contributed by atoms with E-state index in [1.165, 1.54) is 44.5 Å². The second-order valence-corrected chi connectivity index (χ2v) is 8.43. The summed E-state index contributed by atoms with van der Waals surface area (Å²) in [5, 5.41) is 8.08. The lowest BCUT2D eigenvalue weighted by Gasteiger charge is -2.12. The van der Waals surface area contributed by atoms with Crippen molar-refractivity contribution in [1.29, 1.82) is 0 Å². The minimum absolute atomic E-state index is 0.200. The highest BCUT2D eigenvalue weighted by molar-refractivity contribution is 6.30. The van der Waals surface area contributed by atoms with Gasteiger partial charge < -0.3 is 19.5 Å².